The number of halogens is 3. The van der Waals surface area contributed by atoms with Crippen molar-refractivity contribution in [2.24, 2.45) is 11.8 Å². The number of hydrogen-bond acceptors (Lipinski definition) is 3. The quantitative estimate of drug-likeness (QED) is 0.839. The van der Waals surface area contributed by atoms with E-state index in [9.17, 15) is 18.0 Å². The van der Waals surface area contributed by atoms with Crippen LogP contribution >= 0.6 is 0 Å². The number of piperidine rings is 1. The van der Waals surface area contributed by atoms with Crippen LogP contribution in [0.1, 0.15) is 30.9 Å². The van der Waals surface area contributed by atoms with E-state index < -0.39 is 11.7 Å². The van der Waals surface area contributed by atoms with Crippen molar-refractivity contribution in [1.29, 1.82) is 0 Å². The maximum Gasteiger partial charge on any atom is 0.416 e. The highest BCUT2D eigenvalue weighted by Crippen LogP contribution is 2.30. The zero-order valence-electron chi connectivity index (χ0n) is 15.0. The van der Waals surface area contributed by atoms with Crippen LogP contribution < -0.4 is 10.6 Å². The van der Waals surface area contributed by atoms with Gasteiger partial charge < -0.3 is 10.6 Å². The third-order valence-corrected chi connectivity index (χ3v) is 5.53. The lowest BCUT2D eigenvalue weighted by atomic mass is 9.88. The second-order valence-electron chi connectivity index (χ2n) is 7.46. The molecule has 7 heteroatoms. The molecule has 0 aliphatic carbocycles. The molecular weight excluding hydrogens is 343 g/mol. The Kier molecular flexibility index (Phi) is 5.87. The Labute approximate surface area is 152 Å². The second-order valence-corrected chi connectivity index (χ2v) is 7.46. The van der Waals surface area contributed by atoms with Gasteiger partial charge in [0.15, 0.2) is 0 Å². The minimum atomic E-state index is -4.31. The highest BCUT2D eigenvalue weighted by atomic mass is 19.4. The summed E-state index contributed by atoms with van der Waals surface area (Å²) in [5.41, 5.74) is 0.0741. The Hall–Kier alpha value is -1.60. The highest BCUT2D eigenvalue weighted by Gasteiger charge is 2.32. The Bertz CT molecular complexity index is 623. The van der Waals surface area contributed by atoms with Gasteiger partial charge in [-0.2, -0.15) is 13.2 Å². The van der Waals surface area contributed by atoms with Crippen molar-refractivity contribution in [2.45, 2.75) is 38.5 Å². The van der Waals surface area contributed by atoms with Crippen LogP contribution in [0.3, 0.4) is 0 Å². The van der Waals surface area contributed by atoms with Gasteiger partial charge in [-0.05, 0) is 43.5 Å². The van der Waals surface area contributed by atoms with E-state index in [4.69, 9.17) is 0 Å². The summed E-state index contributed by atoms with van der Waals surface area (Å²) in [6.07, 6.45) is -2.64. The summed E-state index contributed by atoms with van der Waals surface area (Å²) < 4.78 is 38.4. The van der Waals surface area contributed by atoms with Gasteiger partial charge in [0.2, 0.25) is 5.91 Å². The molecule has 2 aliphatic rings. The number of benzene rings is 1. The molecule has 2 saturated heterocycles. The molecule has 4 nitrogen and oxygen atoms in total. The predicted octanol–water partition coefficient (Wildman–Crippen LogP) is 2.64. The van der Waals surface area contributed by atoms with E-state index in [-0.39, 0.29) is 17.9 Å². The van der Waals surface area contributed by atoms with Crippen LogP contribution in [0.2, 0.25) is 0 Å². The van der Waals surface area contributed by atoms with E-state index >= 15 is 0 Å². The number of amides is 1. The number of rotatable bonds is 5. The van der Waals surface area contributed by atoms with Gasteiger partial charge in [-0.25, -0.2) is 0 Å². The van der Waals surface area contributed by atoms with Crippen molar-refractivity contribution < 1.29 is 18.0 Å². The maximum absolute atomic E-state index is 12.8. The van der Waals surface area contributed by atoms with E-state index in [0.29, 0.717) is 18.0 Å². The number of likely N-dealkylation sites (tertiary alicyclic amines) is 1. The van der Waals surface area contributed by atoms with Crippen molar-refractivity contribution >= 4 is 5.91 Å². The third kappa shape index (κ3) is 4.76. The van der Waals surface area contributed by atoms with E-state index in [2.05, 4.69) is 15.5 Å². The minimum Gasteiger partial charge on any atom is -0.353 e. The first-order valence-electron chi connectivity index (χ1n) is 9.22. The summed E-state index contributed by atoms with van der Waals surface area (Å²) in [6, 6.07) is 5.68. The fourth-order valence-corrected chi connectivity index (χ4v) is 3.55. The average molecular weight is 369 g/mol. The predicted molar refractivity (Wildman–Crippen MR) is 93.4 cm³/mol. The van der Waals surface area contributed by atoms with Gasteiger partial charge in [0.05, 0.1) is 5.56 Å². The molecule has 0 spiro atoms. The number of carbonyl (C=O) groups excluding carboxylic acids is 1. The molecule has 0 aromatic heterocycles. The number of nitrogens with zero attached hydrogens (tertiary/aromatic N) is 1. The Morgan fingerprint density at radius 1 is 1.31 bits per heavy atom. The Morgan fingerprint density at radius 2 is 2.00 bits per heavy atom. The monoisotopic (exact) mass is 369 g/mol. The number of carbonyl (C=O) groups is 1. The van der Waals surface area contributed by atoms with Crippen molar-refractivity contribution in [3.05, 3.63) is 35.4 Å². The summed E-state index contributed by atoms with van der Waals surface area (Å²) in [5, 5.41) is 6.32. The molecule has 1 aromatic rings. The van der Waals surface area contributed by atoms with Crippen LogP contribution in [0, 0.1) is 11.8 Å². The molecule has 1 unspecified atom stereocenters. The van der Waals surface area contributed by atoms with Crippen LogP contribution in [0.4, 0.5) is 13.2 Å². The SMILES string of the molecule is CC(C(=O)NC1CCN(Cc2cccc(C(F)(F)F)c2)CC1)C1CNC1. The van der Waals surface area contributed by atoms with Crippen LogP contribution in [-0.2, 0) is 17.5 Å². The van der Waals surface area contributed by atoms with Gasteiger partial charge >= 0.3 is 6.18 Å². The minimum absolute atomic E-state index is 0.0272. The maximum atomic E-state index is 12.8. The van der Waals surface area contributed by atoms with Crippen LogP contribution in [-0.4, -0.2) is 43.0 Å². The molecule has 1 amide bonds. The van der Waals surface area contributed by atoms with E-state index in [1.165, 1.54) is 12.1 Å². The summed E-state index contributed by atoms with van der Waals surface area (Å²) >= 11 is 0. The second kappa shape index (κ2) is 7.96. The van der Waals surface area contributed by atoms with Crippen molar-refractivity contribution in [2.75, 3.05) is 26.2 Å². The average Bonchev–Trinajstić information content (AvgIpc) is 2.54. The molecule has 26 heavy (non-hydrogen) atoms. The van der Waals surface area contributed by atoms with Crippen molar-refractivity contribution in [3.8, 4) is 0 Å². The molecule has 0 bridgehead atoms. The zero-order chi connectivity index (χ0) is 18.7. The summed E-state index contributed by atoms with van der Waals surface area (Å²) in [6.45, 7) is 5.85. The first-order chi connectivity index (χ1) is 12.3. The lowest BCUT2D eigenvalue weighted by molar-refractivity contribution is -0.137. The summed E-state index contributed by atoms with van der Waals surface area (Å²) in [7, 11) is 0. The number of alkyl halides is 3. The fourth-order valence-electron chi connectivity index (χ4n) is 3.55. The Morgan fingerprint density at radius 3 is 2.58 bits per heavy atom. The molecule has 2 heterocycles. The molecule has 0 saturated carbocycles. The molecule has 1 atom stereocenters. The van der Waals surface area contributed by atoms with E-state index in [0.717, 1.165) is 45.1 Å². The first kappa shape index (κ1) is 19.2. The normalized spacial score (nSPS) is 21.2. The highest BCUT2D eigenvalue weighted by molar-refractivity contribution is 5.79. The van der Waals surface area contributed by atoms with Gasteiger partial charge in [-0.15, -0.1) is 0 Å². The molecule has 2 aliphatic heterocycles. The molecular formula is C19H26F3N3O. The number of hydrogen-bond donors (Lipinski definition) is 2. The summed E-state index contributed by atoms with van der Waals surface area (Å²) in [4.78, 5) is 14.4. The lowest BCUT2D eigenvalue weighted by Gasteiger charge is -2.35. The largest absolute Gasteiger partial charge is 0.416 e. The number of nitrogens with one attached hydrogen (secondary N) is 2. The van der Waals surface area contributed by atoms with Gasteiger partial charge in [0.1, 0.15) is 0 Å². The fraction of sp³-hybridized carbons (Fsp3) is 0.632. The van der Waals surface area contributed by atoms with Crippen LogP contribution in [0.25, 0.3) is 0 Å². The van der Waals surface area contributed by atoms with Crippen LogP contribution in [0.15, 0.2) is 24.3 Å². The molecule has 0 radical (unpaired) electrons. The zero-order valence-corrected chi connectivity index (χ0v) is 15.0. The molecule has 144 valence electrons. The molecule has 2 fully saturated rings. The first-order valence-corrected chi connectivity index (χ1v) is 9.22. The van der Waals surface area contributed by atoms with Gasteiger partial charge in [-0.1, -0.05) is 25.1 Å². The van der Waals surface area contributed by atoms with Gasteiger partial charge in [-0.3, -0.25) is 9.69 Å². The van der Waals surface area contributed by atoms with Crippen molar-refractivity contribution in [3.63, 3.8) is 0 Å². The lowest BCUT2D eigenvalue weighted by Crippen LogP contribution is -2.52. The van der Waals surface area contributed by atoms with Gasteiger partial charge in [0.25, 0.3) is 0 Å². The Balaban J connectivity index is 1.46. The topological polar surface area (TPSA) is 44.4 Å². The van der Waals surface area contributed by atoms with Gasteiger partial charge in [0, 0.05) is 31.6 Å². The smallest absolute Gasteiger partial charge is 0.353 e. The van der Waals surface area contributed by atoms with E-state index in [1.54, 1.807) is 6.07 Å². The third-order valence-electron chi connectivity index (χ3n) is 5.53. The standard InChI is InChI=1S/C19H26F3N3O/c1-13(15-10-23-11-15)18(26)24-17-5-7-25(8-6-17)12-14-3-2-4-16(9-14)19(20,21)22/h2-4,9,13,15,17,23H,5-8,10-12H2,1H3,(H,24,26). The molecule has 2 N–H and O–H groups in total. The summed E-state index contributed by atoms with van der Waals surface area (Å²) in [5.74, 6) is 0.572. The van der Waals surface area contributed by atoms with E-state index in [1.807, 2.05) is 6.92 Å². The molecule has 3 rings (SSSR count). The van der Waals surface area contributed by atoms with Crippen molar-refractivity contribution in [1.82, 2.24) is 15.5 Å². The van der Waals surface area contributed by atoms with Crippen LogP contribution in [0.5, 0.6) is 0 Å². The molecule has 1 aromatic carbocycles.